The van der Waals surface area contributed by atoms with Gasteiger partial charge in [0.05, 0.1) is 22.1 Å². The van der Waals surface area contributed by atoms with Crippen molar-refractivity contribution < 1.29 is 8.83 Å². The molecular formula is C69H39N5O2S. The van der Waals surface area contributed by atoms with Gasteiger partial charge in [0.15, 0.2) is 17.5 Å². The molecule has 7 nitrogen and oxygen atoms in total. The first-order valence-corrected chi connectivity index (χ1v) is 26.6. The van der Waals surface area contributed by atoms with E-state index in [0.29, 0.717) is 17.5 Å². The van der Waals surface area contributed by atoms with Gasteiger partial charge in [-0.2, -0.15) is 0 Å². The Bertz CT molecular complexity index is 5240. The number of furan rings is 2. The summed E-state index contributed by atoms with van der Waals surface area (Å²) in [4.78, 5) is 15.7. The molecule has 0 fully saturated rings. The van der Waals surface area contributed by atoms with Gasteiger partial charge in [-0.1, -0.05) is 146 Å². The Kier molecular flexibility index (Phi) is 8.87. The average Bonchev–Trinajstić information content (AvgIpc) is 4.43. The van der Waals surface area contributed by atoms with Crippen molar-refractivity contribution >= 4 is 119 Å². The standard InChI is InChI=1S/C69H39N5O2S/c1-3-15-40(16-4-1)67-70-68(42-29-32-48-49-33-31-44(39-60(49)76-59(48)38-42)73-54-25-10-7-19-46(54)47-20-8-11-26-55(47)73)72-69(71-67)52-24-14-27-58-63(52)53-37-41(30-35-57(53)75-58)45-22-13-23-51-64-56(74(66(45)51)43-17-5-2-6-18-43)34-36-62-65(64)50-21-9-12-28-61(50)77-62/h1-39H. The van der Waals surface area contributed by atoms with E-state index in [4.69, 9.17) is 23.8 Å². The van der Waals surface area contributed by atoms with E-state index in [9.17, 15) is 0 Å². The first-order chi connectivity index (χ1) is 38.2. The normalized spacial score (nSPS) is 12.2. The maximum Gasteiger partial charge on any atom is 0.164 e. The Hall–Kier alpha value is -10.2. The number of rotatable bonds is 6. The van der Waals surface area contributed by atoms with E-state index in [0.717, 1.165) is 99.6 Å². The summed E-state index contributed by atoms with van der Waals surface area (Å²) in [6.07, 6.45) is 0. The van der Waals surface area contributed by atoms with Gasteiger partial charge in [-0.25, -0.2) is 15.0 Å². The monoisotopic (exact) mass is 1000 g/mol. The summed E-state index contributed by atoms with van der Waals surface area (Å²) in [6, 6.07) is 83.6. The van der Waals surface area contributed by atoms with Crippen molar-refractivity contribution in [3.8, 4) is 56.7 Å². The number of aromatic nitrogens is 5. The number of fused-ring (bicyclic) bond motifs is 16. The number of hydrogen-bond donors (Lipinski definition) is 0. The molecule has 0 bridgehead atoms. The minimum absolute atomic E-state index is 0.542. The Morgan fingerprint density at radius 2 is 0.935 bits per heavy atom. The van der Waals surface area contributed by atoms with Crippen LogP contribution in [-0.4, -0.2) is 24.1 Å². The second-order valence-corrected chi connectivity index (χ2v) is 20.9. The molecule has 0 aliphatic rings. The van der Waals surface area contributed by atoms with E-state index in [1.807, 2.05) is 53.8 Å². The summed E-state index contributed by atoms with van der Waals surface area (Å²) < 4.78 is 20.8. The van der Waals surface area contributed by atoms with Crippen molar-refractivity contribution in [3.63, 3.8) is 0 Å². The highest BCUT2D eigenvalue weighted by Gasteiger charge is 2.24. The summed E-state index contributed by atoms with van der Waals surface area (Å²) in [5.74, 6) is 1.66. The molecule has 0 N–H and O–H groups in total. The lowest BCUT2D eigenvalue weighted by Crippen LogP contribution is -2.00. The predicted molar refractivity (Wildman–Crippen MR) is 318 cm³/mol. The molecule has 17 rings (SSSR count). The third-order valence-corrected chi connectivity index (χ3v) is 16.7. The largest absolute Gasteiger partial charge is 0.456 e. The first-order valence-electron chi connectivity index (χ1n) is 25.8. The molecule has 0 unspecified atom stereocenters. The van der Waals surface area contributed by atoms with Gasteiger partial charge in [-0.3, -0.25) is 0 Å². The van der Waals surface area contributed by atoms with Gasteiger partial charge < -0.3 is 18.0 Å². The Labute approximate surface area is 442 Å². The molecule has 8 heteroatoms. The van der Waals surface area contributed by atoms with E-state index < -0.39 is 0 Å². The lowest BCUT2D eigenvalue weighted by Gasteiger charge is -2.12. The maximum absolute atomic E-state index is 6.76. The highest BCUT2D eigenvalue weighted by molar-refractivity contribution is 7.26. The third-order valence-electron chi connectivity index (χ3n) is 15.6. The van der Waals surface area contributed by atoms with Crippen LogP contribution in [0.3, 0.4) is 0 Å². The maximum atomic E-state index is 6.76. The van der Waals surface area contributed by atoms with Crippen LogP contribution in [0.4, 0.5) is 0 Å². The van der Waals surface area contributed by atoms with Crippen LogP contribution in [0.1, 0.15) is 0 Å². The van der Waals surface area contributed by atoms with Crippen LogP contribution in [0, 0.1) is 0 Å². The van der Waals surface area contributed by atoms with Crippen molar-refractivity contribution in [2.75, 3.05) is 0 Å². The average molecular weight is 1000 g/mol. The highest BCUT2D eigenvalue weighted by atomic mass is 32.1. The van der Waals surface area contributed by atoms with Gasteiger partial charge in [0.1, 0.15) is 22.3 Å². The predicted octanol–water partition coefficient (Wildman–Crippen LogP) is 18.9. The summed E-state index contributed by atoms with van der Waals surface area (Å²) in [5.41, 5.74) is 14.7. The Morgan fingerprint density at radius 3 is 1.75 bits per heavy atom. The summed E-state index contributed by atoms with van der Waals surface area (Å²) in [7, 11) is 0. The van der Waals surface area contributed by atoms with Gasteiger partial charge >= 0.3 is 0 Å². The van der Waals surface area contributed by atoms with Crippen LogP contribution >= 0.6 is 11.3 Å². The smallest absolute Gasteiger partial charge is 0.164 e. The molecule has 0 amide bonds. The van der Waals surface area contributed by atoms with Gasteiger partial charge in [0, 0.05) is 103 Å². The SMILES string of the molecule is c1ccc(-c2nc(-c3ccc4c(c3)oc3cc(-n5c6ccccc6c6ccccc65)ccc34)nc(-c3cccc4oc5ccc(-c6cccc7c8c9c(ccc8n(-c8ccccc8)c67)sc6ccccc69)cc5c34)n2)cc1. The van der Waals surface area contributed by atoms with E-state index in [1.165, 1.54) is 47.2 Å². The minimum atomic E-state index is 0.542. The van der Waals surface area contributed by atoms with Gasteiger partial charge in [0.2, 0.25) is 0 Å². The van der Waals surface area contributed by atoms with Crippen LogP contribution in [0.2, 0.25) is 0 Å². The fraction of sp³-hybridized carbons (Fsp3) is 0. The second kappa shape index (κ2) is 16.2. The summed E-state index contributed by atoms with van der Waals surface area (Å²) >= 11 is 1.86. The zero-order chi connectivity index (χ0) is 50.3. The third kappa shape index (κ3) is 6.27. The number of para-hydroxylation sites is 4. The van der Waals surface area contributed by atoms with Crippen LogP contribution < -0.4 is 0 Å². The molecular weight excluding hydrogens is 963 g/mol. The van der Waals surface area contributed by atoms with Crippen molar-refractivity contribution in [2.24, 2.45) is 0 Å². The molecule has 0 saturated carbocycles. The topological polar surface area (TPSA) is 74.8 Å². The Balaban J connectivity index is 0.835. The van der Waals surface area contributed by atoms with Gasteiger partial charge in [-0.05, 0) is 90.5 Å². The van der Waals surface area contributed by atoms with E-state index in [-0.39, 0.29) is 0 Å². The van der Waals surface area contributed by atoms with E-state index in [2.05, 4.69) is 203 Å². The van der Waals surface area contributed by atoms with Crippen molar-refractivity contribution in [1.29, 1.82) is 0 Å². The van der Waals surface area contributed by atoms with Gasteiger partial charge in [0.25, 0.3) is 0 Å². The molecule has 0 atom stereocenters. The van der Waals surface area contributed by atoms with Crippen molar-refractivity contribution in [1.82, 2.24) is 24.1 Å². The first kappa shape index (κ1) is 42.2. The molecule has 0 radical (unpaired) electrons. The molecule has 6 aromatic heterocycles. The lowest BCUT2D eigenvalue weighted by atomic mass is 9.98. The number of thiophene rings is 1. The minimum Gasteiger partial charge on any atom is -0.456 e. The fourth-order valence-corrected chi connectivity index (χ4v) is 13.3. The summed E-state index contributed by atoms with van der Waals surface area (Å²) in [6.45, 7) is 0. The number of benzene rings is 11. The molecule has 77 heavy (non-hydrogen) atoms. The zero-order valence-electron chi connectivity index (χ0n) is 41.0. The number of hydrogen-bond acceptors (Lipinski definition) is 6. The second-order valence-electron chi connectivity index (χ2n) is 19.8. The zero-order valence-corrected chi connectivity index (χ0v) is 41.8. The van der Waals surface area contributed by atoms with Gasteiger partial charge in [-0.15, -0.1) is 11.3 Å². The van der Waals surface area contributed by atoms with Crippen molar-refractivity contribution in [2.45, 2.75) is 0 Å². The molecule has 6 heterocycles. The molecule has 0 aliphatic heterocycles. The van der Waals surface area contributed by atoms with Crippen LogP contribution in [0.25, 0.3) is 164 Å². The lowest BCUT2D eigenvalue weighted by molar-refractivity contribution is 0.668. The molecule has 0 spiro atoms. The quantitative estimate of drug-likeness (QED) is 0.166. The van der Waals surface area contributed by atoms with Crippen LogP contribution in [-0.2, 0) is 0 Å². The van der Waals surface area contributed by atoms with E-state index in [1.54, 1.807) is 0 Å². The molecule has 0 aliphatic carbocycles. The summed E-state index contributed by atoms with van der Waals surface area (Å²) in [5, 5.41) is 11.5. The van der Waals surface area contributed by atoms with Crippen LogP contribution in [0.15, 0.2) is 245 Å². The molecule has 0 saturated heterocycles. The highest BCUT2D eigenvalue weighted by Crippen LogP contribution is 2.47. The Morgan fingerprint density at radius 1 is 0.299 bits per heavy atom. The fourth-order valence-electron chi connectivity index (χ4n) is 12.2. The van der Waals surface area contributed by atoms with Crippen LogP contribution in [0.5, 0.6) is 0 Å². The molecule has 11 aromatic carbocycles. The molecule has 17 aromatic rings. The van der Waals surface area contributed by atoms with E-state index >= 15 is 0 Å². The number of nitrogens with zero attached hydrogens (tertiary/aromatic N) is 5. The molecule has 358 valence electrons. The van der Waals surface area contributed by atoms with Crippen molar-refractivity contribution in [3.05, 3.63) is 237 Å².